The topological polar surface area (TPSA) is 111 Å². The van der Waals surface area contributed by atoms with Crippen molar-refractivity contribution in [3.05, 3.63) is 29.5 Å². The Labute approximate surface area is 229 Å². The zero-order chi connectivity index (χ0) is 28.9. The summed E-state index contributed by atoms with van der Waals surface area (Å²) in [7, 11) is 1.56. The standard InChI is InChI=1S/C29H41N3O7/c1-18(34)31-17-29(11-13-30(14-12-29)25(35)38-27(2,3)4)23-20-10-9-19(37-8)15-21(20)32(24(23)22(31)16-33)26(36)39-28(5,6)7/h9-10,15,22,33H,11-14,16-17H2,1-8H3/t22-/m0/s1. The van der Waals surface area contributed by atoms with Gasteiger partial charge in [-0.05, 0) is 72.1 Å². The number of carbonyl (C=O) groups excluding carboxylic acids is 3. The van der Waals surface area contributed by atoms with Crippen LogP contribution in [0.4, 0.5) is 9.59 Å². The van der Waals surface area contributed by atoms with Crippen LogP contribution in [0.3, 0.4) is 0 Å². The molecule has 1 saturated heterocycles. The molecule has 10 heteroatoms. The molecule has 0 bridgehead atoms. The summed E-state index contributed by atoms with van der Waals surface area (Å²) in [5, 5.41) is 11.4. The highest BCUT2D eigenvalue weighted by Gasteiger charge is 2.50. The van der Waals surface area contributed by atoms with Crippen molar-refractivity contribution in [1.82, 2.24) is 14.4 Å². The normalized spacial score (nSPS) is 19.2. The molecule has 4 rings (SSSR count). The van der Waals surface area contributed by atoms with Gasteiger partial charge in [-0.3, -0.25) is 4.79 Å². The number of fused-ring (bicyclic) bond motifs is 4. The Kier molecular flexibility index (Phi) is 7.40. The van der Waals surface area contributed by atoms with E-state index in [1.807, 2.05) is 32.9 Å². The maximum absolute atomic E-state index is 13.7. The van der Waals surface area contributed by atoms with Gasteiger partial charge in [-0.15, -0.1) is 0 Å². The minimum atomic E-state index is -0.764. The number of rotatable bonds is 2. The molecular weight excluding hydrogens is 502 g/mol. The van der Waals surface area contributed by atoms with E-state index >= 15 is 0 Å². The molecule has 214 valence electrons. The fourth-order valence-corrected chi connectivity index (χ4v) is 5.82. The van der Waals surface area contributed by atoms with Gasteiger partial charge in [0, 0.05) is 43.4 Å². The third kappa shape index (κ3) is 5.44. The molecule has 2 aromatic rings. The Morgan fingerprint density at radius 1 is 1.00 bits per heavy atom. The molecule has 2 aliphatic rings. The van der Waals surface area contributed by atoms with Crippen molar-refractivity contribution in [2.24, 2.45) is 0 Å². The molecule has 2 aliphatic heterocycles. The average molecular weight is 544 g/mol. The van der Waals surface area contributed by atoms with E-state index < -0.39 is 28.8 Å². The van der Waals surface area contributed by atoms with Gasteiger partial charge in [-0.1, -0.05) is 0 Å². The number of piperidine rings is 1. The van der Waals surface area contributed by atoms with Crippen molar-refractivity contribution < 1.29 is 33.7 Å². The highest BCUT2D eigenvalue weighted by Crippen LogP contribution is 2.50. The predicted molar refractivity (Wildman–Crippen MR) is 146 cm³/mol. The maximum Gasteiger partial charge on any atom is 0.419 e. The number of hydrogen-bond donors (Lipinski definition) is 1. The third-order valence-electron chi connectivity index (χ3n) is 7.43. The Balaban J connectivity index is 1.91. The van der Waals surface area contributed by atoms with E-state index in [0.29, 0.717) is 49.4 Å². The number of aliphatic hydroxyl groups excluding tert-OH is 1. The van der Waals surface area contributed by atoms with Crippen LogP contribution in [0, 0.1) is 0 Å². The van der Waals surface area contributed by atoms with Crippen molar-refractivity contribution in [2.45, 2.75) is 84.0 Å². The SMILES string of the molecule is COc1ccc2c3c(n(C(=O)OC(C)(C)C)c2c1)[C@H](CO)N(C(C)=O)CC31CCN(C(=O)OC(C)(C)C)CC1. The maximum atomic E-state index is 13.7. The highest BCUT2D eigenvalue weighted by atomic mass is 16.6. The van der Waals surface area contributed by atoms with Crippen molar-refractivity contribution >= 4 is 29.0 Å². The summed E-state index contributed by atoms with van der Waals surface area (Å²) in [6.45, 7) is 13.2. The number of benzene rings is 1. The van der Waals surface area contributed by atoms with Crippen LogP contribution in [0.2, 0.25) is 0 Å². The number of carbonyl (C=O) groups is 3. The van der Waals surface area contributed by atoms with E-state index in [-0.39, 0.29) is 18.6 Å². The van der Waals surface area contributed by atoms with Crippen molar-refractivity contribution in [2.75, 3.05) is 33.4 Å². The van der Waals surface area contributed by atoms with Crippen LogP contribution in [-0.4, -0.2) is 82.1 Å². The lowest BCUT2D eigenvalue weighted by atomic mass is 9.68. The second kappa shape index (κ2) is 10.0. The summed E-state index contributed by atoms with van der Waals surface area (Å²) in [6, 6.07) is 4.82. The Morgan fingerprint density at radius 2 is 1.59 bits per heavy atom. The Hall–Kier alpha value is -3.27. The van der Waals surface area contributed by atoms with Gasteiger partial charge < -0.3 is 29.1 Å². The molecule has 3 heterocycles. The van der Waals surface area contributed by atoms with E-state index in [4.69, 9.17) is 14.2 Å². The van der Waals surface area contributed by atoms with Crippen molar-refractivity contribution in [3.63, 3.8) is 0 Å². The molecule has 1 N–H and O–H groups in total. The quantitative estimate of drug-likeness (QED) is 0.590. The zero-order valence-corrected chi connectivity index (χ0v) is 24.3. The Bertz CT molecular complexity index is 1280. The summed E-state index contributed by atoms with van der Waals surface area (Å²) in [6.07, 6.45) is 0.152. The number of nitrogens with zero attached hydrogens (tertiary/aromatic N) is 3. The minimum Gasteiger partial charge on any atom is -0.497 e. The third-order valence-corrected chi connectivity index (χ3v) is 7.43. The molecule has 1 aromatic carbocycles. The fraction of sp³-hybridized carbons (Fsp3) is 0.621. The van der Waals surface area contributed by atoms with E-state index in [1.165, 1.54) is 11.5 Å². The van der Waals surface area contributed by atoms with Crippen LogP contribution in [0.15, 0.2) is 18.2 Å². The van der Waals surface area contributed by atoms with Crippen LogP contribution in [0.1, 0.15) is 78.6 Å². The summed E-state index contributed by atoms with van der Waals surface area (Å²) in [5.74, 6) is 0.368. The van der Waals surface area contributed by atoms with Crippen LogP contribution >= 0.6 is 0 Å². The van der Waals surface area contributed by atoms with Crippen LogP contribution in [-0.2, 0) is 19.7 Å². The smallest absolute Gasteiger partial charge is 0.419 e. The van der Waals surface area contributed by atoms with Gasteiger partial charge in [0.2, 0.25) is 5.91 Å². The molecule has 10 nitrogen and oxygen atoms in total. The first-order valence-corrected chi connectivity index (χ1v) is 13.4. The van der Waals surface area contributed by atoms with E-state index in [0.717, 1.165) is 10.9 Å². The second-order valence-corrected chi connectivity index (χ2v) is 12.6. The Morgan fingerprint density at radius 3 is 2.10 bits per heavy atom. The van der Waals surface area contributed by atoms with E-state index in [2.05, 4.69) is 0 Å². The summed E-state index contributed by atoms with van der Waals surface area (Å²) in [4.78, 5) is 42.9. The number of hydrogen-bond acceptors (Lipinski definition) is 7. The number of amides is 2. The van der Waals surface area contributed by atoms with E-state index in [1.54, 1.807) is 43.7 Å². The number of ether oxygens (including phenoxy) is 3. The monoisotopic (exact) mass is 543 g/mol. The molecule has 0 aliphatic carbocycles. The summed E-state index contributed by atoms with van der Waals surface area (Å²) in [5.41, 5.74) is 0.120. The fourth-order valence-electron chi connectivity index (χ4n) is 5.82. The highest BCUT2D eigenvalue weighted by molar-refractivity contribution is 5.96. The molecule has 1 fully saturated rings. The number of aromatic nitrogens is 1. The first-order valence-electron chi connectivity index (χ1n) is 13.4. The van der Waals surface area contributed by atoms with E-state index in [9.17, 15) is 19.5 Å². The largest absolute Gasteiger partial charge is 0.497 e. The lowest BCUT2D eigenvalue weighted by molar-refractivity contribution is -0.135. The first-order chi connectivity index (χ1) is 18.1. The molecule has 0 saturated carbocycles. The van der Waals surface area contributed by atoms with Crippen LogP contribution in [0.25, 0.3) is 10.9 Å². The second-order valence-electron chi connectivity index (χ2n) is 12.6. The molecule has 1 spiro atoms. The lowest BCUT2D eigenvalue weighted by Crippen LogP contribution is -2.56. The average Bonchev–Trinajstić information content (AvgIpc) is 3.17. The summed E-state index contributed by atoms with van der Waals surface area (Å²) >= 11 is 0. The number of methoxy groups -OCH3 is 1. The van der Waals surface area contributed by atoms with Crippen LogP contribution in [0.5, 0.6) is 5.75 Å². The molecule has 1 aromatic heterocycles. The number of aliphatic hydroxyl groups is 1. The van der Waals surface area contributed by atoms with Gasteiger partial charge in [-0.25, -0.2) is 14.2 Å². The lowest BCUT2D eigenvalue weighted by Gasteiger charge is -2.50. The molecule has 1 atom stereocenters. The zero-order valence-electron chi connectivity index (χ0n) is 24.3. The molecule has 0 unspecified atom stereocenters. The molecular formula is C29H41N3O7. The van der Waals surface area contributed by atoms with Gasteiger partial charge in [0.15, 0.2) is 0 Å². The van der Waals surface area contributed by atoms with Gasteiger partial charge in [0.05, 0.1) is 31.0 Å². The molecule has 2 amide bonds. The van der Waals surface area contributed by atoms with Crippen LogP contribution < -0.4 is 4.74 Å². The van der Waals surface area contributed by atoms with Gasteiger partial charge >= 0.3 is 12.2 Å². The molecule has 39 heavy (non-hydrogen) atoms. The number of likely N-dealkylation sites (tertiary alicyclic amines) is 1. The summed E-state index contributed by atoms with van der Waals surface area (Å²) < 4.78 is 18.4. The minimum absolute atomic E-state index is 0.202. The van der Waals surface area contributed by atoms with Gasteiger partial charge in [-0.2, -0.15) is 0 Å². The van der Waals surface area contributed by atoms with Crippen molar-refractivity contribution in [3.8, 4) is 5.75 Å². The molecule has 0 radical (unpaired) electrons. The first kappa shape index (κ1) is 28.7. The van der Waals surface area contributed by atoms with Gasteiger partial charge in [0.1, 0.15) is 17.0 Å². The predicted octanol–water partition coefficient (Wildman–Crippen LogP) is 4.60. The van der Waals surface area contributed by atoms with Crippen molar-refractivity contribution in [1.29, 1.82) is 0 Å². The van der Waals surface area contributed by atoms with Gasteiger partial charge in [0.25, 0.3) is 0 Å².